The Morgan fingerprint density at radius 2 is 2.00 bits per heavy atom. The van der Waals surface area contributed by atoms with Gasteiger partial charge in [-0.05, 0) is 0 Å². The molecule has 2 heterocycles. The lowest BCUT2D eigenvalue weighted by molar-refractivity contribution is -0.141. The van der Waals surface area contributed by atoms with Gasteiger partial charge in [-0.2, -0.15) is 0 Å². The Morgan fingerprint density at radius 3 is 2.61 bits per heavy atom. The van der Waals surface area contributed by atoms with E-state index in [-0.39, 0.29) is 37.2 Å². The number of carbonyl (C=O) groups is 2. The van der Waals surface area contributed by atoms with Crippen LogP contribution in [0.4, 0.5) is 0 Å². The Bertz CT molecular complexity index is 414. The van der Waals surface area contributed by atoms with Crippen molar-refractivity contribution < 1.29 is 14.7 Å². The van der Waals surface area contributed by atoms with Crippen LogP contribution in [0.15, 0.2) is 12.7 Å². The Labute approximate surface area is 143 Å². The van der Waals surface area contributed by atoms with Crippen LogP contribution in [0.2, 0.25) is 0 Å². The van der Waals surface area contributed by atoms with Crippen LogP contribution in [0.3, 0.4) is 0 Å². The van der Waals surface area contributed by atoms with E-state index in [0.29, 0.717) is 39.3 Å². The summed E-state index contributed by atoms with van der Waals surface area (Å²) in [6, 6.07) is -0.420. The third-order valence-electron chi connectivity index (χ3n) is 4.25. The van der Waals surface area contributed by atoms with Gasteiger partial charge >= 0.3 is 0 Å². The molecule has 1 atom stereocenters. The molecule has 2 aliphatic rings. The maximum absolute atomic E-state index is 12.4. The summed E-state index contributed by atoms with van der Waals surface area (Å²) in [4.78, 5) is 30.3. The lowest BCUT2D eigenvalue weighted by atomic mass is 10.1. The molecule has 2 amide bonds. The fourth-order valence-corrected chi connectivity index (χ4v) is 2.95. The molecule has 2 rings (SSSR count). The second-order valence-corrected chi connectivity index (χ2v) is 5.73. The predicted octanol–water partition coefficient (Wildman–Crippen LogP) is -1.08. The summed E-state index contributed by atoms with van der Waals surface area (Å²) in [6.45, 7) is 9.25. The van der Waals surface area contributed by atoms with Gasteiger partial charge in [0.2, 0.25) is 11.8 Å². The zero-order valence-corrected chi connectivity index (χ0v) is 14.3. The highest BCUT2D eigenvalue weighted by Gasteiger charge is 2.31. The molecule has 0 radical (unpaired) electrons. The molecule has 0 aromatic carbocycles. The van der Waals surface area contributed by atoms with Gasteiger partial charge in [-0.1, -0.05) is 6.08 Å². The predicted molar refractivity (Wildman–Crippen MR) is 90.5 cm³/mol. The second-order valence-electron chi connectivity index (χ2n) is 5.73. The van der Waals surface area contributed by atoms with Crippen LogP contribution in [-0.4, -0.2) is 96.6 Å². The lowest BCUT2D eigenvalue weighted by Gasteiger charge is -2.36. The number of piperazine rings is 2. The molecular formula is C15H27ClN4O3. The van der Waals surface area contributed by atoms with Crippen molar-refractivity contribution in [1.82, 2.24) is 20.0 Å². The molecule has 1 unspecified atom stereocenters. The fraction of sp³-hybridized carbons (Fsp3) is 0.733. The monoisotopic (exact) mass is 346 g/mol. The Hall–Kier alpha value is -1.15. The highest BCUT2D eigenvalue weighted by Crippen LogP contribution is 2.09. The minimum atomic E-state index is -0.420. The minimum absolute atomic E-state index is 0. The van der Waals surface area contributed by atoms with E-state index < -0.39 is 6.04 Å². The van der Waals surface area contributed by atoms with Crippen molar-refractivity contribution >= 4 is 24.2 Å². The zero-order valence-electron chi connectivity index (χ0n) is 13.4. The van der Waals surface area contributed by atoms with Gasteiger partial charge in [0.05, 0.1) is 19.1 Å². The molecule has 2 N–H and O–H groups in total. The Kier molecular flexibility index (Phi) is 8.54. The minimum Gasteiger partial charge on any atom is -0.395 e. The normalized spacial score (nSPS) is 22.7. The summed E-state index contributed by atoms with van der Waals surface area (Å²) < 4.78 is 0. The number of aliphatic hydroxyl groups is 1. The first-order valence-electron chi connectivity index (χ1n) is 7.89. The number of nitrogens with zero attached hydrogens (tertiary/aromatic N) is 3. The number of hydrogen-bond acceptors (Lipinski definition) is 5. The lowest BCUT2D eigenvalue weighted by Crippen LogP contribution is -2.57. The van der Waals surface area contributed by atoms with Gasteiger partial charge in [0.25, 0.3) is 0 Å². The van der Waals surface area contributed by atoms with E-state index in [1.165, 1.54) is 0 Å². The molecule has 2 fully saturated rings. The summed E-state index contributed by atoms with van der Waals surface area (Å²) >= 11 is 0. The smallest absolute Gasteiger partial charge is 0.240 e. The molecule has 2 aliphatic heterocycles. The van der Waals surface area contributed by atoms with Gasteiger partial charge in [0.15, 0.2) is 0 Å². The highest BCUT2D eigenvalue weighted by molar-refractivity contribution is 5.89. The molecule has 7 nitrogen and oxygen atoms in total. The topological polar surface area (TPSA) is 76.1 Å². The quantitative estimate of drug-likeness (QED) is 0.598. The third-order valence-corrected chi connectivity index (χ3v) is 4.25. The summed E-state index contributed by atoms with van der Waals surface area (Å²) in [5, 5.41) is 12.1. The van der Waals surface area contributed by atoms with Crippen molar-refractivity contribution in [3.05, 3.63) is 12.7 Å². The van der Waals surface area contributed by atoms with Gasteiger partial charge in [0.1, 0.15) is 0 Å². The number of aliphatic hydroxyl groups excluding tert-OH is 1. The molecule has 0 bridgehead atoms. The van der Waals surface area contributed by atoms with Crippen LogP contribution >= 0.6 is 12.4 Å². The van der Waals surface area contributed by atoms with Crippen molar-refractivity contribution in [2.45, 2.75) is 12.5 Å². The van der Waals surface area contributed by atoms with E-state index in [9.17, 15) is 9.59 Å². The average molecular weight is 347 g/mol. The van der Waals surface area contributed by atoms with E-state index in [4.69, 9.17) is 5.11 Å². The Morgan fingerprint density at radius 1 is 1.30 bits per heavy atom. The van der Waals surface area contributed by atoms with E-state index in [1.807, 2.05) is 4.90 Å². The second kappa shape index (κ2) is 9.87. The molecule has 23 heavy (non-hydrogen) atoms. The SMILES string of the molecule is C=CCN1CCNC(CC(=O)N2CCN(CCO)CC2)C1=O.Cl. The molecule has 0 aliphatic carbocycles. The van der Waals surface area contributed by atoms with Gasteiger partial charge in [-0.3, -0.25) is 14.5 Å². The van der Waals surface area contributed by atoms with E-state index in [1.54, 1.807) is 11.0 Å². The average Bonchev–Trinajstić information content (AvgIpc) is 2.52. The standard InChI is InChI=1S/C15H26N4O3.ClH/c1-2-4-19-5-3-16-13(15(19)22)12-14(21)18-8-6-17(7-9-18)10-11-20;/h2,13,16,20H,1,3-12H2;1H. The molecule has 0 aromatic rings. The summed E-state index contributed by atoms with van der Waals surface area (Å²) in [7, 11) is 0. The van der Waals surface area contributed by atoms with Gasteiger partial charge in [0, 0.05) is 52.4 Å². The largest absolute Gasteiger partial charge is 0.395 e. The summed E-state index contributed by atoms with van der Waals surface area (Å²) in [6.07, 6.45) is 1.93. The zero-order chi connectivity index (χ0) is 15.9. The van der Waals surface area contributed by atoms with Gasteiger partial charge < -0.3 is 20.2 Å². The molecule has 0 saturated carbocycles. The van der Waals surface area contributed by atoms with Crippen LogP contribution in [0, 0.1) is 0 Å². The molecule has 132 valence electrons. The van der Waals surface area contributed by atoms with E-state index in [0.717, 1.165) is 13.1 Å². The van der Waals surface area contributed by atoms with Crippen LogP contribution in [0.25, 0.3) is 0 Å². The molecule has 0 spiro atoms. The third kappa shape index (κ3) is 5.46. The van der Waals surface area contributed by atoms with Crippen molar-refractivity contribution in [3.63, 3.8) is 0 Å². The molecular weight excluding hydrogens is 320 g/mol. The van der Waals surface area contributed by atoms with Gasteiger partial charge in [-0.25, -0.2) is 0 Å². The number of β-amino-alcohol motifs (C(OH)–C–C–N with tert-alkyl or cyclic N) is 1. The molecule has 8 heteroatoms. The van der Waals surface area contributed by atoms with Crippen LogP contribution < -0.4 is 5.32 Å². The van der Waals surface area contributed by atoms with Crippen LogP contribution in [-0.2, 0) is 9.59 Å². The number of halogens is 1. The number of rotatable bonds is 6. The Balaban J connectivity index is 0.00000264. The first kappa shape index (κ1) is 19.9. The van der Waals surface area contributed by atoms with E-state index >= 15 is 0 Å². The van der Waals surface area contributed by atoms with Crippen molar-refractivity contribution in [2.75, 3.05) is 59.0 Å². The van der Waals surface area contributed by atoms with Gasteiger partial charge in [-0.15, -0.1) is 19.0 Å². The molecule has 2 saturated heterocycles. The number of carbonyl (C=O) groups excluding carboxylic acids is 2. The molecule has 0 aromatic heterocycles. The van der Waals surface area contributed by atoms with Crippen molar-refractivity contribution in [2.24, 2.45) is 0 Å². The summed E-state index contributed by atoms with van der Waals surface area (Å²) in [5.74, 6) is 0.00775. The van der Waals surface area contributed by atoms with E-state index in [2.05, 4.69) is 16.8 Å². The van der Waals surface area contributed by atoms with Crippen LogP contribution in [0.1, 0.15) is 6.42 Å². The number of hydrogen-bond donors (Lipinski definition) is 2. The van der Waals surface area contributed by atoms with Crippen molar-refractivity contribution in [3.8, 4) is 0 Å². The maximum Gasteiger partial charge on any atom is 0.240 e. The fourth-order valence-electron chi connectivity index (χ4n) is 2.95. The number of nitrogens with one attached hydrogen (secondary N) is 1. The maximum atomic E-state index is 12.4. The van der Waals surface area contributed by atoms with Crippen molar-refractivity contribution in [1.29, 1.82) is 0 Å². The summed E-state index contributed by atoms with van der Waals surface area (Å²) in [5.41, 5.74) is 0. The number of amides is 2. The first-order chi connectivity index (χ1) is 10.7. The highest BCUT2D eigenvalue weighted by atomic mass is 35.5. The first-order valence-corrected chi connectivity index (χ1v) is 7.89. The van der Waals surface area contributed by atoms with Crippen LogP contribution in [0.5, 0.6) is 0 Å².